The minimum absolute atomic E-state index is 0.0442. The van der Waals surface area contributed by atoms with Crippen molar-refractivity contribution < 1.29 is 32.7 Å². The summed E-state index contributed by atoms with van der Waals surface area (Å²) in [5.74, 6) is 0.190. The second kappa shape index (κ2) is 8.13. The van der Waals surface area contributed by atoms with Gasteiger partial charge in [-0.05, 0) is 66.2 Å². The van der Waals surface area contributed by atoms with E-state index in [1.807, 2.05) is 11.8 Å². The van der Waals surface area contributed by atoms with Crippen LogP contribution in [0.25, 0.3) is 10.1 Å². The van der Waals surface area contributed by atoms with Gasteiger partial charge in [-0.3, -0.25) is 14.2 Å². The Balaban J connectivity index is 1.43. The van der Waals surface area contributed by atoms with E-state index in [9.17, 15) is 22.9 Å². The molecule has 174 valence electrons. The van der Waals surface area contributed by atoms with Gasteiger partial charge in [-0.2, -0.15) is 8.78 Å². The molecule has 1 aromatic heterocycles. The average Bonchev–Trinajstić information content (AvgIpc) is 3.16. The molecule has 1 saturated heterocycles. The third-order valence-electron chi connectivity index (χ3n) is 6.43. The lowest BCUT2D eigenvalue weighted by atomic mass is 10.1. The van der Waals surface area contributed by atoms with Crippen molar-refractivity contribution in [3.8, 4) is 0 Å². The first-order valence-electron chi connectivity index (χ1n) is 10.2. The molecule has 3 N–H and O–H groups in total. The van der Waals surface area contributed by atoms with Crippen molar-refractivity contribution >= 4 is 56.8 Å². The number of benzene rings is 1. The molecule has 2 amide bonds. The SMILES string of the molecule is CCN1C(=O)CCC12C[C@H]2CCNC(=O)c1ccc2sc(C(F)(F)P(=O)(O)O)c(Br)c2c1. The van der Waals surface area contributed by atoms with Crippen LogP contribution in [0, 0.1) is 5.92 Å². The summed E-state index contributed by atoms with van der Waals surface area (Å²) in [6.45, 7) is 3.10. The minimum atomic E-state index is -5.70. The van der Waals surface area contributed by atoms with Gasteiger partial charge in [-0.15, -0.1) is 11.3 Å². The normalized spacial score (nSPS) is 23.4. The van der Waals surface area contributed by atoms with Crippen LogP contribution >= 0.6 is 34.9 Å². The molecule has 2 atom stereocenters. The molecule has 1 spiro atoms. The van der Waals surface area contributed by atoms with E-state index in [1.165, 1.54) is 18.2 Å². The summed E-state index contributed by atoms with van der Waals surface area (Å²) in [6.07, 6.45) is 3.14. The van der Waals surface area contributed by atoms with Gasteiger partial charge in [0.05, 0.1) is 0 Å². The van der Waals surface area contributed by atoms with E-state index < -0.39 is 18.1 Å². The number of halogens is 3. The second-order valence-corrected chi connectivity index (χ2v) is 11.7. The van der Waals surface area contributed by atoms with Crippen LogP contribution in [-0.2, 0) is 15.0 Å². The number of nitrogens with zero attached hydrogens (tertiary/aromatic N) is 1. The van der Waals surface area contributed by atoms with Crippen LogP contribution in [-0.4, -0.2) is 45.1 Å². The highest BCUT2D eigenvalue weighted by molar-refractivity contribution is 9.10. The van der Waals surface area contributed by atoms with Crippen molar-refractivity contribution in [2.24, 2.45) is 5.92 Å². The molecule has 2 aliphatic rings. The highest BCUT2D eigenvalue weighted by Crippen LogP contribution is 2.63. The molecule has 0 bridgehead atoms. The lowest BCUT2D eigenvalue weighted by Crippen LogP contribution is -2.36. The van der Waals surface area contributed by atoms with E-state index in [1.54, 1.807) is 0 Å². The van der Waals surface area contributed by atoms with Crippen molar-refractivity contribution in [3.63, 3.8) is 0 Å². The number of alkyl halides is 2. The van der Waals surface area contributed by atoms with E-state index in [0.717, 1.165) is 19.3 Å². The summed E-state index contributed by atoms with van der Waals surface area (Å²) in [6, 6.07) is 4.41. The van der Waals surface area contributed by atoms with Gasteiger partial charge >= 0.3 is 13.3 Å². The van der Waals surface area contributed by atoms with E-state index >= 15 is 0 Å². The predicted molar refractivity (Wildman–Crippen MR) is 120 cm³/mol. The Bertz CT molecular complexity index is 1150. The van der Waals surface area contributed by atoms with Crippen molar-refractivity contribution in [2.45, 2.75) is 43.8 Å². The van der Waals surface area contributed by atoms with E-state index in [0.29, 0.717) is 41.5 Å². The fraction of sp³-hybridized carbons (Fsp3) is 0.500. The highest BCUT2D eigenvalue weighted by atomic mass is 79.9. The third-order valence-corrected chi connectivity index (χ3v) is 9.87. The molecule has 2 aromatic rings. The number of hydrogen-bond acceptors (Lipinski definition) is 4. The summed E-state index contributed by atoms with van der Waals surface area (Å²) in [5, 5.41) is 3.13. The summed E-state index contributed by atoms with van der Waals surface area (Å²) >= 11 is 3.59. The molecule has 1 unspecified atom stereocenters. The van der Waals surface area contributed by atoms with Gasteiger partial charge < -0.3 is 20.0 Å². The Kier molecular flexibility index (Phi) is 6.03. The molecule has 1 aliphatic carbocycles. The quantitative estimate of drug-likeness (QED) is 0.442. The Morgan fingerprint density at radius 3 is 2.81 bits per heavy atom. The Morgan fingerprint density at radius 1 is 1.44 bits per heavy atom. The zero-order chi connectivity index (χ0) is 23.5. The molecule has 0 radical (unpaired) electrons. The van der Waals surface area contributed by atoms with Crippen LogP contribution in [0.2, 0.25) is 0 Å². The van der Waals surface area contributed by atoms with Crippen LogP contribution in [0.3, 0.4) is 0 Å². The topological polar surface area (TPSA) is 107 Å². The molecular weight excluding hydrogens is 529 g/mol. The molecule has 32 heavy (non-hydrogen) atoms. The van der Waals surface area contributed by atoms with Crippen molar-refractivity contribution in [3.05, 3.63) is 33.1 Å². The molecular formula is C20H22BrF2N2O5PS. The Labute approximate surface area is 195 Å². The largest absolute Gasteiger partial charge is 0.400 e. The van der Waals surface area contributed by atoms with Gasteiger partial charge in [-0.25, -0.2) is 0 Å². The molecule has 4 rings (SSSR count). The fourth-order valence-electron chi connectivity index (χ4n) is 4.70. The zero-order valence-corrected chi connectivity index (χ0v) is 20.4. The molecule has 1 aliphatic heterocycles. The van der Waals surface area contributed by atoms with Gasteiger partial charge in [0.1, 0.15) is 4.88 Å². The summed E-state index contributed by atoms with van der Waals surface area (Å²) in [5.41, 5.74) is -4.11. The minimum Gasteiger partial charge on any atom is -0.352 e. The lowest BCUT2D eigenvalue weighted by molar-refractivity contribution is -0.129. The van der Waals surface area contributed by atoms with Gasteiger partial charge in [-0.1, -0.05) is 0 Å². The maximum absolute atomic E-state index is 14.2. The number of rotatable bonds is 7. The summed E-state index contributed by atoms with van der Waals surface area (Å²) < 4.78 is 39.8. The van der Waals surface area contributed by atoms with E-state index in [-0.39, 0.29) is 32.8 Å². The van der Waals surface area contributed by atoms with Crippen LogP contribution in [0.5, 0.6) is 0 Å². The second-order valence-electron chi connectivity index (χ2n) is 8.23. The van der Waals surface area contributed by atoms with Gasteiger partial charge in [0.2, 0.25) is 5.91 Å². The number of hydrogen-bond donors (Lipinski definition) is 3. The number of thiophene rings is 1. The fourth-order valence-corrected chi connectivity index (χ4v) is 7.63. The number of likely N-dealkylation sites (tertiary alicyclic amines) is 1. The molecule has 2 fully saturated rings. The third kappa shape index (κ3) is 3.81. The number of carbonyl (C=O) groups is 2. The van der Waals surface area contributed by atoms with Crippen LogP contribution < -0.4 is 5.32 Å². The Hall–Kier alpha value is -1.39. The number of nitrogens with one attached hydrogen (secondary N) is 1. The van der Waals surface area contributed by atoms with Gasteiger partial charge in [0.25, 0.3) is 5.91 Å². The lowest BCUT2D eigenvalue weighted by Gasteiger charge is -2.24. The van der Waals surface area contributed by atoms with Crippen LogP contribution in [0.15, 0.2) is 22.7 Å². The number of amides is 2. The first kappa shape index (κ1) is 23.8. The van der Waals surface area contributed by atoms with Crippen molar-refractivity contribution in [1.82, 2.24) is 10.2 Å². The smallest absolute Gasteiger partial charge is 0.352 e. The molecule has 2 heterocycles. The average molecular weight is 551 g/mol. The number of fused-ring (bicyclic) bond motifs is 1. The predicted octanol–water partition coefficient (Wildman–Crippen LogP) is 4.41. The molecule has 7 nitrogen and oxygen atoms in total. The maximum atomic E-state index is 14.2. The van der Waals surface area contributed by atoms with Gasteiger partial charge in [0, 0.05) is 45.2 Å². The van der Waals surface area contributed by atoms with Crippen molar-refractivity contribution in [1.29, 1.82) is 0 Å². The molecule has 12 heteroatoms. The first-order chi connectivity index (χ1) is 14.9. The molecule has 1 saturated carbocycles. The molecule has 1 aromatic carbocycles. The first-order valence-corrected chi connectivity index (χ1v) is 13.4. The highest BCUT2D eigenvalue weighted by Gasteiger charge is 2.61. The summed E-state index contributed by atoms with van der Waals surface area (Å²) in [4.78, 5) is 43.8. The zero-order valence-electron chi connectivity index (χ0n) is 17.1. The van der Waals surface area contributed by atoms with Crippen LogP contribution in [0.1, 0.15) is 47.8 Å². The number of carbonyl (C=O) groups excluding carboxylic acids is 2. The maximum Gasteiger partial charge on any atom is 0.400 e. The summed E-state index contributed by atoms with van der Waals surface area (Å²) in [7, 11) is -5.70. The standard InChI is InChI=1S/C20H22BrF2N2O5PS/c1-2-25-15(26)5-7-19(25)10-12(19)6-8-24-18(27)11-3-4-14-13(9-11)16(21)17(32-14)20(22,23)31(28,29)30/h3-4,9,12H,2,5-8,10H2,1H3,(H,24,27)(H2,28,29,30)/t12-,19?/m1/s1. The van der Waals surface area contributed by atoms with Crippen LogP contribution in [0.4, 0.5) is 8.78 Å². The van der Waals surface area contributed by atoms with E-state index in [2.05, 4.69) is 21.2 Å². The van der Waals surface area contributed by atoms with Crippen molar-refractivity contribution in [2.75, 3.05) is 13.1 Å². The van der Waals surface area contributed by atoms with Gasteiger partial charge in [0.15, 0.2) is 0 Å². The van der Waals surface area contributed by atoms with E-state index in [4.69, 9.17) is 9.79 Å². The Morgan fingerprint density at radius 2 is 2.16 bits per heavy atom. The monoisotopic (exact) mass is 550 g/mol.